The molecule has 0 bridgehead atoms. The van der Waals surface area contributed by atoms with Crippen LogP contribution < -0.4 is 4.74 Å². The van der Waals surface area contributed by atoms with Crippen LogP contribution in [0.2, 0.25) is 0 Å². The second-order valence-electron chi connectivity index (χ2n) is 18.9. The summed E-state index contributed by atoms with van der Waals surface area (Å²) in [5.74, 6) is 3.40. The zero-order valence-electron chi connectivity index (χ0n) is 34.5. The normalized spacial score (nSPS) is 17.6. The van der Waals surface area contributed by atoms with Crippen LogP contribution in [0.5, 0.6) is 11.5 Å². The zero-order valence-corrected chi connectivity index (χ0v) is 36.8. The SMILES string of the molecule is Cc1cnc(-n2c3[c-]c(Oc4[c-]c(-c5cc6c(cn5)CC(C5CC(C)(C)CC(C)(C)C5)C6)c5oc6ccc7ccccc7c6c5c4)ccc3c3ccccc32)cc1C.[Pt+2]. The third-order valence-corrected chi connectivity index (χ3v) is 13.3. The average molecular weight is 953 g/mol. The fraction of sp³-hybridized carbons (Fsp3) is 0.283. The molecule has 1 atom stereocenters. The van der Waals surface area contributed by atoms with Crippen molar-refractivity contribution in [2.45, 2.75) is 73.6 Å². The molecule has 4 heterocycles. The number of benzene rings is 5. The smallest absolute Gasteiger partial charge is 0.503 e. The molecule has 2 aliphatic carbocycles. The summed E-state index contributed by atoms with van der Waals surface area (Å²) in [5.41, 5.74) is 11.1. The Bertz CT molecular complexity index is 3120. The van der Waals surface area contributed by atoms with E-state index in [9.17, 15) is 0 Å². The van der Waals surface area contributed by atoms with Crippen molar-refractivity contribution < 1.29 is 30.2 Å². The van der Waals surface area contributed by atoms with Crippen molar-refractivity contribution in [3.8, 4) is 28.6 Å². The molecule has 1 unspecified atom stereocenters. The van der Waals surface area contributed by atoms with E-state index in [1.54, 1.807) is 0 Å². The minimum atomic E-state index is 0. The molecule has 0 aliphatic heterocycles. The first kappa shape index (κ1) is 38.0. The molecule has 5 aromatic carbocycles. The van der Waals surface area contributed by atoms with E-state index in [1.807, 2.05) is 12.3 Å². The van der Waals surface area contributed by atoms with Gasteiger partial charge in [-0.15, -0.1) is 17.5 Å². The molecule has 4 aromatic heterocycles. The van der Waals surface area contributed by atoms with E-state index in [0.717, 1.165) is 90.0 Å². The number of fused-ring (bicyclic) bond motifs is 9. The molecule has 1 saturated carbocycles. The molecule has 11 rings (SSSR count). The van der Waals surface area contributed by atoms with Gasteiger partial charge in [0.05, 0.1) is 5.58 Å². The quantitative estimate of drug-likeness (QED) is 0.161. The fourth-order valence-corrected chi connectivity index (χ4v) is 11.1. The second kappa shape index (κ2) is 13.9. The van der Waals surface area contributed by atoms with Gasteiger partial charge in [0.15, 0.2) is 0 Å². The van der Waals surface area contributed by atoms with Crippen molar-refractivity contribution in [3.05, 3.63) is 138 Å². The van der Waals surface area contributed by atoms with Gasteiger partial charge in [-0.05, 0) is 125 Å². The summed E-state index contributed by atoms with van der Waals surface area (Å²) in [6.07, 6.45) is 10.1. The molecule has 0 saturated heterocycles. The number of nitrogens with zero attached hydrogens (tertiary/aromatic N) is 3. The number of pyridine rings is 2. The number of hydrogen-bond acceptors (Lipinski definition) is 4. The topological polar surface area (TPSA) is 53.1 Å². The summed E-state index contributed by atoms with van der Waals surface area (Å²) < 4.78 is 15.8. The number of rotatable bonds is 5. The maximum atomic E-state index is 6.83. The molecule has 1 fully saturated rings. The average Bonchev–Trinajstić information content (AvgIpc) is 3.89. The molecular formula is C53H47N3O2Pt. The summed E-state index contributed by atoms with van der Waals surface area (Å²) in [6, 6.07) is 39.2. The predicted molar refractivity (Wildman–Crippen MR) is 236 cm³/mol. The molecule has 0 radical (unpaired) electrons. The molecule has 0 N–H and O–H groups in total. The summed E-state index contributed by atoms with van der Waals surface area (Å²) in [5, 5.41) is 6.60. The van der Waals surface area contributed by atoms with Crippen molar-refractivity contribution in [2.75, 3.05) is 0 Å². The van der Waals surface area contributed by atoms with E-state index in [4.69, 9.17) is 19.1 Å². The number of furan rings is 1. The van der Waals surface area contributed by atoms with Crippen LogP contribution in [0.4, 0.5) is 0 Å². The molecule has 2 aliphatic rings. The molecule has 5 nitrogen and oxygen atoms in total. The number of ether oxygens (including phenoxy) is 1. The summed E-state index contributed by atoms with van der Waals surface area (Å²) in [4.78, 5) is 10.0. The van der Waals surface area contributed by atoms with Crippen LogP contribution in [0, 0.1) is 48.6 Å². The van der Waals surface area contributed by atoms with E-state index < -0.39 is 0 Å². The van der Waals surface area contributed by atoms with Crippen molar-refractivity contribution in [1.29, 1.82) is 0 Å². The number of hydrogen-bond donors (Lipinski definition) is 0. The van der Waals surface area contributed by atoms with Crippen LogP contribution in [-0.2, 0) is 33.9 Å². The number of aryl methyl sites for hydroxylation is 2. The second-order valence-corrected chi connectivity index (χ2v) is 18.9. The van der Waals surface area contributed by atoms with Gasteiger partial charge >= 0.3 is 21.1 Å². The first-order valence-electron chi connectivity index (χ1n) is 20.8. The predicted octanol–water partition coefficient (Wildman–Crippen LogP) is 13.9. The van der Waals surface area contributed by atoms with Crippen LogP contribution in [0.1, 0.15) is 69.2 Å². The van der Waals surface area contributed by atoms with Crippen molar-refractivity contribution in [1.82, 2.24) is 14.5 Å². The maximum absolute atomic E-state index is 6.83. The third-order valence-electron chi connectivity index (χ3n) is 13.3. The Morgan fingerprint density at radius 1 is 0.695 bits per heavy atom. The van der Waals surface area contributed by atoms with Gasteiger partial charge in [-0.25, -0.2) is 4.98 Å². The van der Waals surface area contributed by atoms with Crippen LogP contribution in [0.3, 0.4) is 0 Å². The Hall–Kier alpha value is -5.25. The largest absolute Gasteiger partial charge is 2.00 e. The van der Waals surface area contributed by atoms with Crippen LogP contribution in [0.15, 0.2) is 108 Å². The maximum Gasteiger partial charge on any atom is 2.00 e. The van der Waals surface area contributed by atoms with Crippen molar-refractivity contribution in [3.63, 3.8) is 0 Å². The fourth-order valence-electron chi connectivity index (χ4n) is 11.1. The minimum absolute atomic E-state index is 0. The standard InChI is InChI=1S/C53H47N3O2.Pt/c1-31-19-49(55-28-32(31)2)56-46-14-10-9-13-41(46)42-17-16-38(25-47(42)56)57-39-23-43(51-44(24-39)50-40-12-8-7-11-33(40)15-18-48(50)58-51)45-22-35-20-34(21-36(35)29-54-45)37-26-52(3,4)30-53(5,6)27-37;/h7-19,22,24,28-29,34,37H,20-21,26-27,30H2,1-6H3;/q-2;+2. The third kappa shape index (κ3) is 6.48. The Morgan fingerprint density at radius 3 is 2.27 bits per heavy atom. The Kier molecular flexibility index (Phi) is 8.96. The van der Waals surface area contributed by atoms with Gasteiger partial charge in [0.25, 0.3) is 0 Å². The van der Waals surface area contributed by atoms with E-state index in [-0.39, 0.29) is 21.1 Å². The van der Waals surface area contributed by atoms with E-state index in [0.29, 0.717) is 34.2 Å². The van der Waals surface area contributed by atoms with Crippen LogP contribution >= 0.6 is 0 Å². The van der Waals surface area contributed by atoms with E-state index in [2.05, 4.69) is 149 Å². The molecule has 0 amide bonds. The Morgan fingerprint density at radius 2 is 1.46 bits per heavy atom. The van der Waals surface area contributed by atoms with Gasteiger partial charge in [-0.3, -0.25) is 0 Å². The zero-order chi connectivity index (χ0) is 39.5. The molecule has 296 valence electrons. The van der Waals surface area contributed by atoms with Crippen LogP contribution in [0.25, 0.3) is 71.6 Å². The van der Waals surface area contributed by atoms with E-state index >= 15 is 0 Å². The molecule has 9 aromatic rings. The minimum Gasteiger partial charge on any atom is -0.503 e. The summed E-state index contributed by atoms with van der Waals surface area (Å²) >= 11 is 0. The van der Waals surface area contributed by atoms with Crippen LogP contribution in [-0.4, -0.2) is 14.5 Å². The van der Waals surface area contributed by atoms with Gasteiger partial charge in [-0.1, -0.05) is 116 Å². The van der Waals surface area contributed by atoms with Gasteiger partial charge < -0.3 is 18.7 Å². The van der Waals surface area contributed by atoms with Gasteiger partial charge in [0.2, 0.25) is 0 Å². The Labute approximate surface area is 360 Å². The first-order valence-corrected chi connectivity index (χ1v) is 20.8. The van der Waals surface area contributed by atoms with Gasteiger partial charge in [0, 0.05) is 34.8 Å². The monoisotopic (exact) mass is 952 g/mol. The first-order chi connectivity index (χ1) is 28.0. The summed E-state index contributed by atoms with van der Waals surface area (Å²) in [6.45, 7) is 14.1. The molecular weight excluding hydrogens is 906 g/mol. The molecule has 0 spiro atoms. The molecule has 59 heavy (non-hydrogen) atoms. The van der Waals surface area contributed by atoms with Gasteiger partial charge in [-0.2, -0.15) is 6.07 Å². The molecule has 6 heteroatoms. The number of aromatic nitrogens is 3. The summed E-state index contributed by atoms with van der Waals surface area (Å²) in [7, 11) is 0. The number of para-hydroxylation sites is 1. The van der Waals surface area contributed by atoms with Crippen molar-refractivity contribution in [2.24, 2.45) is 22.7 Å². The van der Waals surface area contributed by atoms with Crippen molar-refractivity contribution >= 4 is 54.5 Å². The Balaban J connectivity index is 0.00000420. The van der Waals surface area contributed by atoms with E-state index in [1.165, 1.54) is 36.0 Å². The van der Waals surface area contributed by atoms with Gasteiger partial charge in [0.1, 0.15) is 11.4 Å².